The molecule has 118 valence electrons. The number of ether oxygens (including phenoxy) is 1. The number of fused-ring (bicyclic) bond motifs is 1. The quantitative estimate of drug-likeness (QED) is 0.767. The Labute approximate surface area is 139 Å². The standard InChI is InChI=1S/C18H17ClN2O2/c1-3-23-15-8-6-14(7-9-15)20-18(22)17-10-12-4-5-13(19)11-16(12)21(17)2/h4-11H,3H2,1-2H3,(H,20,22). The molecule has 0 aliphatic heterocycles. The zero-order valence-corrected chi connectivity index (χ0v) is 13.7. The topological polar surface area (TPSA) is 43.3 Å². The van der Waals surface area contributed by atoms with Gasteiger partial charge in [-0.05, 0) is 49.4 Å². The molecule has 0 spiro atoms. The van der Waals surface area contributed by atoms with Gasteiger partial charge in [0.25, 0.3) is 5.91 Å². The number of halogens is 1. The van der Waals surface area contributed by atoms with Crippen molar-refractivity contribution in [3.8, 4) is 5.75 Å². The maximum Gasteiger partial charge on any atom is 0.272 e. The summed E-state index contributed by atoms with van der Waals surface area (Å²) in [4.78, 5) is 12.5. The van der Waals surface area contributed by atoms with E-state index >= 15 is 0 Å². The summed E-state index contributed by atoms with van der Waals surface area (Å²) in [6.45, 7) is 2.55. The number of anilines is 1. The van der Waals surface area contributed by atoms with E-state index in [-0.39, 0.29) is 5.91 Å². The number of benzene rings is 2. The number of hydrogen-bond acceptors (Lipinski definition) is 2. The molecule has 23 heavy (non-hydrogen) atoms. The SMILES string of the molecule is CCOc1ccc(NC(=O)c2cc3ccc(Cl)cc3n2C)cc1. The lowest BCUT2D eigenvalue weighted by Gasteiger charge is -2.08. The Morgan fingerprint density at radius 1 is 1.17 bits per heavy atom. The van der Waals surface area contributed by atoms with Crippen molar-refractivity contribution in [3.05, 3.63) is 59.2 Å². The van der Waals surface area contributed by atoms with E-state index in [1.54, 1.807) is 0 Å². The monoisotopic (exact) mass is 328 g/mol. The summed E-state index contributed by atoms with van der Waals surface area (Å²) in [6.07, 6.45) is 0. The van der Waals surface area contributed by atoms with E-state index in [0.29, 0.717) is 17.3 Å². The van der Waals surface area contributed by atoms with Gasteiger partial charge in [0, 0.05) is 28.7 Å². The lowest BCUT2D eigenvalue weighted by atomic mass is 10.2. The van der Waals surface area contributed by atoms with Crippen LogP contribution < -0.4 is 10.1 Å². The molecule has 3 rings (SSSR count). The van der Waals surface area contributed by atoms with E-state index in [9.17, 15) is 4.79 Å². The van der Waals surface area contributed by atoms with Crippen LogP contribution >= 0.6 is 11.6 Å². The van der Waals surface area contributed by atoms with Crippen LogP contribution in [0.1, 0.15) is 17.4 Å². The summed E-state index contributed by atoms with van der Waals surface area (Å²) in [5.41, 5.74) is 2.23. The summed E-state index contributed by atoms with van der Waals surface area (Å²) in [5.74, 6) is 0.619. The minimum atomic E-state index is -0.163. The average molecular weight is 329 g/mol. The number of aromatic nitrogens is 1. The molecule has 1 N–H and O–H groups in total. The fraction of sp³-hybridized carbons (Fsp3) is 0.167. The Kier molecular flexibility index (Phi) is 4.26. The number of rotatable bonds is 4. The second-order valence-corrected chi connectivity index (χ2v) is 5.64. The molecule has 5 heteroatoms. The van der Waals surface area contributed by atoms with Crippen molar-refractivity contribution >= 4 is 34.1 Å². The largest absolute Gasteiger partial charge is 0.494 e. The van der Waals surface area contributed by atoms with Gasteiger partial charge in [0.1, 0.15) is 11.4 Å². The van der Waals surface area contributed by atoms with Crippen LogP contribution in [0, 0.1) is 0 Å². The molecule has 3 aromatic rings. The first-order chi connectivity index (χ1) is 11.1. The lowest BCUT2D eigenvalue weighted by Crippen LogP contribution is -2.15. The van der Waals surface area contributed by atoms with Crippen LogP contribution in [0.4, 0.5) is 5.69 Å². The highest BCUT2D eigenvalue weighted by molar-refractivity contribution is 6.31. The third kappa shape index (κ3) is 3.17. The summed E-state index contributed by atoms with van der Waals surface area (Å²) >= 11 is 6.02. The molecule has 1 aromatic heterocycles. The molecular formula is C18H17ClN2O2. The molecule has 2 aromatic carbocycles. The number of carbonyl (C=O) groups is 1. The van der Waals surface area contributed by atoms with Crippen molar-refractivity contribution in [3.63, 3.8) is 0 Å². The van der Waals surface area contributed by atoms with Crippen LogP contribution in [-0.2, 0) is 7.05 Å². The van der Waals surface area contributed by atoms with Crippen molar-refractivity contribution in [2.24, 2.45) is 7.05 Å². The number of carbonyl (C=O) groups excluding carboxylic acids is 1. The summed E-state index contributed by atoms with van der Waals surface area (Å²) in [6, 6.07) is 14.7. The highest BCUT2D eigenvalue weighted by Crippen LogP contribution is 2.23. The second kappa shape index (κ2) is 6.34. The Balaban J connectivity index is 1.84. The average Bonchev–Trinajstić information content (AvgIpc) is 2.86. The zero-order chi connectivity index (χ0) is 16.4. The second-order valence-electron chi connectivity index (χ2n) is 5.20. The highest BCUT2D eigenvalue weighted by atomic mass is 35.5. The van der Waals surface area contributed by atoms with Gasteiger partial charge in [0.15, 0.2) is 0 Å². The van der Waals surface area contributed by atoms with Crippen LogP contribution in [-0.4, -0.2) is 17.1 Å². The Morgan fingerprint density at radius 3 is 2.61 bits per heavy atom. The van der Waals surface area contributed by atoms with Crippen molar-refractivity contribution in [1.29, 1.82) is 0 Å². The third-order valence-corrected chi connectivity index (χ3v) is 3.90. The van der Waals surface area contributed by atoms with Gasteiger partial charge in [-0.15, -0.1) is 0 Å². The van der Waals surface area contributed by atoms with Crippen molar-refractivity contribution in [1.82, 2.24) is 4.57 Å². The van der Waals surface area contributed by atoms with Crippen LogP contribution in [0.25, 0.3) is 10.9 Å². The molecule has 0 saturated heterocycles. The van der Waals surface area contributed by atoms with E-state index in [1.807, 2.05) is 67.1 Å². The van der Waals surface area contributed by atoms with E-state index in [2.05, 4.69) is 5.32 Å². The van der Waals surface area contributed by atoms with Gasteiger partial charge in [-0.3, -0.25) is 4.79 Å². The summed E-state index contributed by atoms with van der Waals surface area (Å²) in [7, 11) is 1.85. The molecule has 0 bridgehead atoms. The van der Waals surface area contributed by atoms with Crippen LogP contribution in [0.3, 0.4) is 0 Å². The molecule has 0 saturated carbocycles. The van der Waals surface area contributed by atoms with Gasteiger partial charge in [0.2, 0.25) is 0 Å². The van der Waals surface area contributed by atoms with Crippen molar-refractivity contribution in [2.45, 2.75) is 6.92 Å². The number of hydrogen-bond donors (Lipinski definition) is 1. The number of amides is 1. The molecule has 0 fully saturated rings. The molecule has 0 atom stereocenters. The molecule has 0 unspecified atom stereocenters. The molecule has 4 nitrogen and oxygen atoms in total. The van der Waals surface area contributed by atoms with Gasteiger partial charge in [0.05, 0.1) is 6.61 Å². The fourth-order valence-electron chi connectivity index (χ4n) is 2.52. The normalized spacial score (nSPS) is 10.7. The predicted octanol–water partition coefficient (Wildman–Crippen LogP) is 4.48. The number of nitrogens with zero attached hydrogens (tertiary/aromatic N) is 1. The number of nitrogens with one attached hydrogen (secondary N) is 1. The van der Waals surface area contributed by atoms with Gasteiger partial charge < -0.3 is 14.6 Å². The van der Waals surface area contributed by atoms with Gasteiger partial charge in [-0.2, -0.15) is 0 Å². The van der Waals surface area contributed by atoms with E-state index in [0.717, 1.165) is 22.3 Å². The predicted molar refractivity (Wildman–Crippen MR) is 93.5 cm³/mol. The van der Waals surface area contributed by atoms with E-state index in [4.69, 9.17) is 16.3 Å². The lowest BCUT2D eigenvalue weighted by molar-refractivity contribution is 0.101. The van der Waals surface area contributed by atoms with Gasteiger partial charge >= 0.3 is 0 Å². The van der Waals surface area contributed by atoms with Crippen LogP contribution in [0.5, 0.6) is 5.75 Å². The molecule has 0 aliphatic carbocycles. The van der Waals surface area contributed by atoms with E-state index < -0.39 is 0 Å². The molecule has 0 aliphatic rings. The van der Waals surface area contributed by atoms with Gasteiger partial charge in [-0.25, -0.2) is 0 Å². The summed E-state index contributed by atoms with van der Waals surface area (Å²) in [5, 5.41) is 4.53. The fourth-order valence-corrected chi connectivity index (χ4v) is 2.68. The van der Waals surface area contributed by atoms with Crippen LogP contribution in [0.15, 0.2) is 48.5 Å². The molecule has 1 heterocycles. The Hall–Kier alpha value is -2.46. The minimum absolute atomic E-state index is 0.163. The Morgan fingerprint density at radius 2 is 1.91 bits per heavy atom. The molecule has 0 radical (unpaired) electrons. The minimum Gasteiger partial charge on any atom is -0.494 e. The maximum atomic E-state index is 12.5. The number of aryl methyl sites for hydroxylation is 1. The first kappa shape index (κ1) is 15.4. The van der Waals surface area contributed by atoms with Crippen molar-refractivity contribution in [2.75, 3.05) is 11.9 Å². The Bertz CT molecular complexity index is 853. The van der Waals surface area contributed by atoms with Crippen LogP contribution in [0.2, 0.25) is 5.02 Å². The highest BCUT2D eigenvalue weighted by Gasteiger charge is 2.13. The maximum absolute atomic E-state index is 12.5. The third-order valence-electron chi connectivity index (χ3n) is 3.66. The smallest absolute Gasteiger partial charge is 0.272 e. The molecule has 1 amide bonds. The summed E-state index contributed by atoms with van der Waals surface area (Å²) < 4.78 is 7.23. The van der Waals surface area contributed by atoms with E-state index in [1.165, 1.54) is 0 Å². The van der Waals surface area contributed by atoms with Crippen molar-refractivity contribution < 1.29 is 9.53 Å². The molecular weight excluding hydrogens is 312 g/mol. The van der Waals surface area contributed by atoms with Gasteiger partial charge in [-0.1, -0.05) is 17.7 Å². The zero-order valence-electron chi connectivity index (χ0n) is 13.0. The first-order valence-electron chi connectivity index (χ1n) is 7.37. The first-order valence-corrected chi connectivity index (χ1v) is 7.75.